The Hall–Kier alpha value is -2.05. The number of aryl methyl sites for hydroxylation is 1. The predicted octanol–water partition coefficient (Wildman–Crippen LogP) is 3.64. The maximum absolute atomic E-state index is 12.5. The first-order valence-electron chi connectivity index (χ1n) is 9.75. The highest BCUT2D eigenvalue weighted by atomic mass is 16.5. The fourth-order valence-electron chi connectivity index (χ4n) is 4.54. The number of nitrogens with one attached hydrogen (secondary N) is 1. The SMILES string of the molecule is COCCCNC(=O)c1oc2ccc3c(c2c1C)C(O)CC1(CCCC1)O3. The molecular weight excluding hydrogens is 346 g/mol. The van der Waals surface area contributed by atoms with Crippen LogP contribution in [0.5, 0.6) is 5.75 Å². The van der Waals surface area contributed by atoms with Crippen molar-refractivity contribution in [3.05, 3.63) is 29.0 Å². The number of benzene rings is 1. The summed E-state index contributed by atoms with van der Waals surface area (Å²) in [4.78, 5) is 12.5. The Morgan fingerprint density at radius 1 is 1.37 bits per heavy atom. The number of rotatable bonds is 5. The lowest BCUT2D eigenvalue weighted by Gasteiger charge is -2.38. The summed E-state index contributed by atoms with van der Waals surface area (Å²) < 4.78 is 17.2. The first kappa shape index (κ1) is 18.3. The third-order valence-electron chi connectivity index (χ3n) is 5.85. The monoisotopic (exact) mass is 373 g/mol. The summed E-state index contributed by atoms with van der Waals surface area (Å²) in [5.41, 5.74) is 1.87. The van der Waals surface area contributed by atoms with Gasteiger partial charge in [0.1, 0.15) is 16.9 Å². The van der Waals surface area contributed by atoms with Crippen molar-refractivity contribution in [3.63, 3.8) is 0 Å². The minimum absolute atomic E-state index is 0.237. The van der Waals surface area contributed by atoms with Crippen LogP contribution in [0.2, 0.25) is 0 Å². The number of ether oxygens (including phenoxy) is 2. The molecule has 0 bridgehead atoms. The average molecular weight is 373 g/mol. The van der Waals surface area contributed by atoms with Crippen LogP contribution in [0.15, 0.2) is 16.5 Å². The molecule has 1 saturated carbocycles. The van der Waals surface area contributed by atoms with E-state index in [4.69, 9.17) is 13.9 Å². The number of fused-ring (bicyclic) bond motifs is 3. The van der Waals surface area contributed by atoms with Crippen molar-refractivity contribution < 1.29 is 23.8 Å². The van der Waals surface area contributed by atoms with E-state index in [9.17, 15) is 9.90 Å². The highest BCUT2D eigenvalue weighted by Gasteiger charge is 2.43. The van der Waals surface area contributed by atoms with Gasteiger partial charge in [0.25, 0.3) is 5.91 Å². The lowest BCUT2D eigenvalue weighted by Crippen LogP contribution is -2.38. The molecule has 2 aliphatic rings. The molecule has 27 heavy (non-hydrogen) atoms. The van der Waals surface area contributed by atoms with Crippen molar-refractivity contribution in [2.75, 3.05) is 20.3 Å². The van der Waals surface area contributed by atoms with Crippen LogP contribution in [0, 0.1) is 6.92 Å². The Morgan fingerprint density at radius 3 is 2.89 bits per heavy atom. The maximum atomic E-state index is 12.5. The molecule has 1 aromatic heterocycles. The minimum Gasteiger partial charge on any atom is -0.487 e. The Balaban J connectivity index is 1.66. The van der Waals surface area contributed by atoms with Crippen molar-refractivity contribution >= 4 is 16.9 Å². The Bertz CT molecular complexity index is 850. The first-order chi connectivity index (χ1) is 13.0. The van der Waals surface area contributed by atoms with Gasteiger partial charge < -0.3 is 24.3 Å². The Labute approximate surface area is 158 Å². The van der Waals surface area contributed by atoms with Crippen molar-refractivity contribution in [3.8, 4) is 5.75 Å². The molecule has 1 aliphatic carbocycles. The molecule has 1 spiro atoms. The lowest BCUT2D eigenvalue weighted by molar-refractivity contribution is -0.00845. The zero-order valence-electron chi connectivity index (χ0n) is 16.0. The summed E-state index contributed by atoms with van der Waals surface area (Å²) >= 11 is 0. The summed E-state index contributed by atoms with van der Waals surface area (Å²) in [6.07, 6.45) is 4.99. The number of amides is 1. The fraction of sp³-hybridized carbons (Fsp3) is 0.571. The van der Waals surface area contributed by atoms with E-state index in [0.29, 0.717) is 30.9 Å². The van der Waals surface area contributed by atoms with Crippen molar-refractivity contribution in [1.29, 1.82) is 0 Å². The second kappa shape index (κ2) is 7.17. The molecule has 2 N–H and O–H groups in total. The normalized spacial score (nSPS) is 20.6. The number of aliphatic hydroxyl groups is 1. The minimum atomic E-state index is -0.607. The number of aliphatic hydroxyl groups excluding tert-OH is 1. The molecule has 2 aromatic rings. The van der Waals surface area contributed by atoms with Gasteiger partial charge >= 0.3 is 0 Å². The van der Waals surface area contributed by atoms with Crippen LogP contribution in [0.1, 0.15) is 66.3 Å². The van der Waals surface area contributed by atoms with Crippen LogP contribution in [-0.4, -0.2) is 36.9 Å². The second-order valence-electron chi connectivity index (χ2n) is 7.72. The number of methoxy groups -OCH3 is 1. The first-order valence-corrected chi connectivity index (χ1v) is 9.75. The molecule has 146 valence electrons. The van der Waals surface area contributed by atoms with Gasteiger partial charge in [0.15, 0.2) is 5.76 Å². The van der Waals surface area contributed by atoms with Gasteiger partial charge in [-0.1, -0.05) is 0 Å². The molecule has 1 fully saturated rings. The van der Waals surface area contributed by atoms with Crippen LogP contribution in [0.25, 0.3) is 11.0 Å². The van der Waals surface area contributed by atoms with E-state index in [-0.39, 0.29) is 11.5 Å². The van der Waals surface area contributed by atoms with Crippen molar-refractivity contribution in [2.45, 2.75) is 57.2 Å². The molecule has 1 aliphatic heterocycles. The molecular formula is C21H27NO5. The van der Waals surface area contributed by atoms with E-state index in [1.165, 1.54) is 0 Å². The largest absolute Gasteiger partial charge is 0.487 e. The Kier molecular flexibility index (Phi) is 4.86. The van der Waals surface area contributed by atoms with E-state index in [2.05, 4.69) is 5.32 Å². The van der Waals surface area contributed by atoms with Gasteiger partial charge in [0, 0.05) is 43.2 Å². The molecule has 2 heterocycles. The van der Waals surface area contributed by atoms with E-state index in [1.807, 2.05) is 19.1 Å². The molecule has 0 saturated heterocycles. The van der Waals surface area contributed by atoms with Crippen LogP contribution in [-0.2, 0) is 4.74 Å². The molecule has 0 radical (unpaired) electrons. The number of hydrogen-bond acceptors (Lipinski definition) is 5. The van der Waals surface area contributed by atoms with Crippen molar-refractivity contribution in [2.24, 2.45) is 0 Å². The summed E-state index contributed by atoms with van der Waals surface area (Å²) in [6, 6.07) is 3.70. The van der Waals surface area contributed by atoms with Crippen LogP contribution in [0.4, 0.5) is 0 Å². The second-order valence-corrected chi connectivity index (χ2v) is 7.72. The number of furan rings is 1. The van der Waals surface area contributed by atoms with Crippen LogP contribution >= 0.6 is 0 Å². The zero-order chi connectivity index (χ0) is 19.0. The number of carbonyl (C=O) groups excluding carboxylic acids is 1. The third-order valence-corrected chi connectivity index (χ3v) is 5.85. The van der Waals surface area contributed by atoms with Gasteiger partial charge in [-0.2, -0.15) is 0 Å². The summed E-state index contributed by atoms with van der Waals surface area (Å²) in [5, 5.41) is 14.6. The van der Waals surface area contributed by atoms with Gasteiger partial charge in [0.2, 0.25) is 0 Å². The molecule has 1 amide bonds. The van der Waals surface area contributed by atoms with Gasteiger partial charge in [-0.15, -0.1) is 0 Å². The van der Waals surface area contributed by atoms with Gasteiger partial charge in [-0.3, -0.25) is 4.79 Å². The molecule has 1 atom stereocenters. The maximum Gasteiger partial charge on any atom is 0.287 e. The van der Waals surface area contributed by atoms with E-state index in [0.717, 1.165) is 54.4 Å². The highest BCUT2D eigenvalue weighted by Crippen LogP contribution is 2.50. The highest BCUT2D eigenvalue weighted by molar-refractivity contribution is 6.00. The summed E-state index contributed by atoms with van der Waals surface area (Å²) in [6.45, 7) is 2.98. The van der Waals surface area contributed by atoms with Crippen LogP contribution < -0.4 is 10.1 Å². The fourth-order valence-corrected chi connectivity index (χ4v) is 4.54. The zero-order valence-corrected chi connectivity index (χ0v) is 16.0. The molecule has 4 rings (SSSR count). The van der Waals surface area contributed by atoms with Gasteiger partial charge in [-0.25, -0.2) is 0 Å². The van der Waals surface area contributed by atoms with Crippen LogP contribution in [0.3, 0.4) is 0 Å². The smallest absolute Gasteiger partial charge is 0.287 e. The van der Waals surface area contributed by atoms with E-state index < -0.39 is 6.10 Å². The molecule has 1 unspecified atom stereocenters. The molecule has 1 aromatic carbocycles. The molecule has 6 heteroatoms. The van der Waals surface area contributed by atoms with Crippen molar-refractivity contribution in [1.82, 2.24) is 5.32 Å². The van der Waals surface area contributed by atoms with Gasteiger partial charge in [-0.05, 0) is 51.2 Å². The van der Waals surface area contributed by atoms with E-state index in [1.54, 1.807) is 7.11 Å². The predicted molar refractivity (Wildman–Crippen MR) is 101 cm³/mol. The van der Waals surface area contributed by atoms with Gasteiger partial charge in [0.05, 0.1) is 6.10 Å². The summed E-state index contributed by atoms with van der Waals surface area (Å²) in [5.74, 6) is 0.773. The third kappa shape index (κ3) is 3.21. The molecule has 6 nitrogen and oxygen atoms in total. The lowest BCUT2D eigenvalue weighted by atomic mass is 9.85. The van der Waals surface area contributed by atoms with E-state index >= 15 is 0 Å². The summed E-state index contributed by atoms with van der Waals surface area (Å²) in [7, 11) is 1.64. The number of carbonyl (C=O) groups is 1. The average Bonchev–Trinajstić information content (AvgIpc) is 3.23. The topological polar surface area (TPSA) is 80.9 Å². The number of hydrogen-bond donors (Lipinski definition) is 2. The standard InChI is InChI=1S/C21H27NO5/c1-13-17-15(26-19(13)20(24)22-10-5-11-25-2)6-7-16-18(17)14(23)12-21(27-16)8-3-4-9-21/h6-7,14,23H,3-5,8-12H2,1-2H3,(H,22,24). The quantitative estimate of drug-likeness (QED) is 0.782. The Morgan fingerprint density at radius 2 is 2.15 bits per heavy atom.